The number of amides is 2. The molecule has 3 aromatic rings. The number of carbonyl (C=O) groups excluding carboxylic acids is 2. The normalized spacial score (nSPS) is 14.3. The summed E-state index contributed by atoms with van der Waals surface area (Å²) in [6.07, 6.45) is 1.93. The molecular weight excluding hydrogens is 338 g/mol. The SMILES string of the molecule is CC(NC(=O)C(=O)Nc1ccc2sccc2c1)c1nnc2n1CCC2. The van der Waals surface area contributed by atoms with Crippen LogP contribution in [-0.4, -0.2) is 26.6 Å². The predicted molar refractivity (Wildman–Crippen MR) is 95.4 cm³/mol. The van der Waals surface area contributed by atoms with Gasteiger partial charge in [0.25, 0.3) is 0 Å². The molecule has 1 aromatic carbocycles. The fourth-order valence-electron chi connectivity index (χ4n) is 3.05. The summed E-state index contributed by atoms with van der Waals surface area (Å²) in [5.74, 6) is 0.244. The van der Waals surface area contributed by atoms with Crippen LogP contribution in [0.15, 0.2) is 29.6 Å². The van der Waals surface area contributed by atoms with E-state index in [0.717, 1.165) is 35.3 Å². The lowest BCUT2D eigenvalue weighted by molar-refractivity contribution is -0.136. The van der Waals surface area contributed by atoms with Crippen molar-refractivity contribution in [1.29, 1.82) is 0 Å². The molecule has 0 spiro atoms. The minimum Gasteiger partial charge on any atom is -0.338 e. The van der Waals surface area contributed by atoms with E-state index in [4.69, 9.17) is 0 Å². The zero-order valence-corrected chi connectivity index (χ0v) is 14.5. The van der Waals surface area contributed by atoms with Crippen LogP contribution in [0.1, 0.15) is 31.0 Å². The molecule has 0 radical (unpaired) electrons. The zero-order valence-electron chi connectivity index (χ0n) is 13.7. The van der Waals surface area contributed by atoms with Gasteiger partial charge in [-0.25, -0.2) is 0 Å². The summed E-state index contributed by atoms with van der Waals surface area (Å²) in [5, 5.41) is 16.6. The molecule has 1 aliphatic rings. The molecule has 1 atom stereocenters. The summed E-state index contributed by atoms with van der Waals surface area (Å²) in [7, 11) is 0. The van der Waals surface area contributed by atoms with Crippen molar-refractivity contribution in [3.05, 3.63) is 41.3 Å². The van der Waals surface area contributed by atoms with Gasteiger partial charge < -0.3 is 15.2 Å². The number of aryl methyl sites for hydroxylation is 1. The third-order valence-corrected chi connectivity index (χ3v) is 5.19. The van der Waals surface area contributed by atoms with Crippen molar-refractivity contribution in [2.75, 3.05) is 5.32 Å². The Morgan fingerprint density at radius 1 is 1.24 bits per heavy atom. The van der Waals surface area contributed by atoms with Crippen LogP contribution in [0.5, 0.6) is 0 Å². The Bertz CT molecular complexity index is 961. The molecule has 2 N–H and O–H groups in total. The van der Waals surface area contributed by atoms with Gasteiger partial charge in [-0.3, -0.25) is 9.59 Å². The lowest BCUT2D eigenvalue weighted by Crippen LogP contribution is -2.37. The van der Waals surface area contributed by atoms with E-state index in [1.165, 1.54) is 0 Å². The smallest absolute Gasteiger partial charge is 0.313 e. The van der Waals surface area contributed by atoms with Crippen LogP contribution in [-0.2, 0) is 22.6 Å². The number of hydrogen-bond donors (Lipinski definition) is 2. The first kappa shape index (κ1) is 15.8. The van der Waals surface area contributed by atoms with E-state index in [0.29, 0.717) is 11.5 Å². The molecule has 8 heteroatoms. The van der Waals surface area contributed by atoms with E-state index in [1.807, 2.05) is 28.1 Å². The molecule has 128 valence electrons. The Morgan fingerprint density at radius 3 is 3.00 bits per heavy atom. The molecule has 2 aromatic heterocycles. The summed E-state index contributed by atoms with van der Waals surface area (Å²) in [6.45, 7) is 2.66. The summed E-state index contributed by atoms with van der Waals surface area (Å²) in [6, 6.07) is 7.17. The van der Waals surface area contributed by atoms with E-state index in [2.05, 4.69) is 20.8 Å². The van der Waals surface area contributed by atoms with E-state index in [9.17, 15) is 9.59 Å². The van der Waals surface area contributed by atoms with E-state index >= 15 is 0 Å². The maximum atomic E-state index is 12.2. The Morgan fingerprint density at radius 2 is 2.12 bits per heavy atom. The van der Waals surface area contributed by atoms with E-state index in [-0.39, 0.29) is 6.04 Å². The third kappa shape index (κ3) is 3.00. The van der Waals surface area contributed by atoms with Crippen molar-refractivity contribution in [1.82, 2.24) is 20.1 Å². The number of nitrogens with one attached hydrogen (secondary N) is 2. The van der Waals surface area contributed by atoms with Gasteiger partial charge in [0.1, 0.15) is 5.82 Å². The predicted octanol–water partition coefficient (Wildman–Crippen LogP) is 2.25. The molecule has 1 aliphatic heterocycles. The highest BCUT2D eigenvalue weighted by atomic mass is 32.1. The maximum absolute atomic E-state index is 12.2. The first-order valence-corrected chi connectivity index (χ1v) is 9.01. The monoisotopic (exact) mass is 355 g/mol. The number of nitrogens with zero attached hydrogens (tertiary/aromatic N) is 3. The number of rotatable bonds is 3. The Hall–Kier alpha value is -2.74. The number of thiophene rings is 1. The number of hydrogen-bond acceptors (Lipinski definition) is 5. The topological polar surface area (TPSA) is 88.9 Å². The average molecular weight is 355 g/mol. The highest BCUT2D eigenvalue weighted by Gasteiger charge is 2.24. The number of anilines is 1. The first-order valence-electron chi connectivity index (χ1n) is 8.13. The van der Waals surface area contributed by atoms with Gasteiger partial charge in [0.15, 0.2) is 5.82 Å². The summed E-state index contributed by atoms with van der Waals surface area (Å²) in [4.78, 5) is 24.4. The molecular formula is C17H17N5O2S. The number of carbonyl (C=O) groups is 2. The van der Waals surface area contributed by atoms with Gasteiger partial charge in [0, 0.05) is 23.4 Å². The van der Waals surface area contributed by atoms with Gasteiger partial charge in [-0.2, -0.15) is 0 Å². The van der Waals surface area contributed by atoms with Crippen LogP contribution in [0.25, 0.3) is 10.1 Å². The van der Waals surface area contributed by atoms with Crippen LogP contribution in [0.2, 0.25) is 0 Å². The van der Waals surface area contributed by atoms with Gasteiger partial charge in [-0.15, -0.1) is 21.5 Å². The van der Waals surface area contributed by atoms with Gasteiger partial charge in [0.2, 0.25) is 0 Å². The fourth-order valence-corrected chi connectivity index (χ4v) is 3.82. The molecule has 1 unspecified atom stereocenters. The maximum Gasteiger partial charge on any atom is 0.313 e. The molecule has 3 heterocycles. The number of fused-ring (bicyclic) bond motifs is 2. The fraction of sp³-hybridized carbons (Fsp3) is 0.294. The quantitative estimate of drug-likeness (QED) is 0.705. The molecule has 0 fully saturated rings. The number of benzene rings is 1. The molecule has 0 bridgehead atoms. The Labute approximate surface area is 148 Å². The Balaban J connectivity index is 1.42. The molecule has 2 amide bonds. The van der Waals surface area contributed by atoms with Crippen LogP contribution >= 0.6 is 11.3 Å². The van der Waals surface area contributed by atoms with Crippen molar-refractivity contribution < 1.29 is 9.59 Å². The zero-order chi connectivity index (χ0) is 17.4. The van der Waals surface area contributed by atoms with Gasteiger partial charge in [-0.05, 0) is 48.4 Å². The van der Waals surface area contributed by atoms with Crippen molar-refractivity contribution in [3.63, 3.8) is 0 Å². The molecule has 0 aliphatic carbocycles. The van der Waals surface area contributed by atoms with Crippen molar-refractivity contribution in [3.8, 4) is 0 Å². The minimum absolute atomic E-state index is 0.378. The van der Waals surface area contributed by atoms with Crippen LogP contribution < -0.4 is 10.6 Å². The van der Waals surface area contributed by atoms with Crippen LogP contribution in [0.4, 0.5) is 5.69 Å². The Kier molecular flexibility index (Phi) is 3.96. The molecule has 0 saturated heterocycles. The minimum atomic E-state index is -0.692. The summed E-state index contributed by atoms with van der Waals surface area (Å²) >= 11 is 1.63. The molecule has 0 saturated carbocycles. The average Bonchev–Trinajstić information content (AvgIpc) is 3.30. The standard InChI is InChI=1S/C17H17N5O2S/c1-10(15-21-20-14-3-2-7-22(14)15)18-16(23)17(24)19-12-4-5-13-11(9-12)6-8-25-13/h4-6,8-10H,2-3,7H2,1H3,(H,18,23)(H,19,24). The summed E-state index contributed by atoms with van der Waals surface area (Å²) in [5.41, 5.74) is 0.599. The van der Waals surface area contributed by atoms with Gasteiger partial charge in [0.05, 0.1) is 6.04 Å². The molecule has 7 nitrogen and oxygen atoms in total. The lowest BCUT2D eigenvalue weighted by Gasteiger charge is -2.13. The highest BCUT2D eigenvalue weighted by molar-refractivity contribution is 7.17. The number of aromatic nitrogens is 3. The van der Waals surface area contributed by atoms with Crippen molar-refractivity contribution >= 4 is 38.9 Å². The lowest BCUT2D eigenvalue weighted by atomic mass is 10.2. The molecule has 25 heavy (non-hydrogen) atoms. The second-order valence-corrected chi connectivity index (χ2v) is 7.00. The van der Waals surface area contributed by atoms with Crippen LogP contribution in [0.3, 0.4) is 0 Å². The van der Waals surface area contributed by atoms with E-state index in [1.54, 1.807) is 24.3 Å². The van der Waals surface area contributed by atoms with Crippen LogP contribution in [0, 0.1) is 0 Å². The second kappa shape index (κ2) is 6.29. The highest BCUT2D eigenvalue weighted by Crippen LogP contribution is 2.24. The van der Waals surface area contributed by atoms with Crippen molar-refractivity contribution in [2.45, 2.75) is 32.4 Å². The van der Waals surface area contributed by atoms with Gasteiger partial charge in [-0.1, -0.05) is 0 Å². The molecule has 4 rings (SSSR count). The summed E-state index contributed by atoms with van der Waals surface area (Å²) < 4.78 is 3.14. The van der Waals surface area contributed by atoms with Crippen molar-refractivity contribution in [2.24, 2.45) is 0 Å². The third-order valence-electron chi connectivity index (χ3n) is 4.29. The first-order chi connectivity index (χ1) is 12.1. The van der Waals surface area contributed by atoms with E-state index < -0.39 is 11.8 Å². The largest absolute Gasteiger partial charge is 0.338 e. The van der Waals surface area contributed by atoms with Gasteiger partial charge >= 0.3 is 11.8 Å². The second-order valence-electron chi connectivity index (χ2n) is 6.05.